The molecule has 0 bridgehead atoms. The normalized spacial score (nSPS) is 23.8. The Balaban J connectivity index is 1.82. The second kappa shape index (κ2) is 5.31. The second-order valence-electron chi connectivity index (χ2n) is 4.54. The van der Waals surface area contributed by atoms with Crippen LogP contribution in [0.25, 0.3) is 0 Å². The molecule has 1 atom stereocenters. The molecule has 0 radical (unpaired) electrons. The summed E-state index contributed by atoms with van der Waals surface area (Å²) in [6, 6.07) is 0.250. The topological polar surface area (TPSA) is 52.7 Å². The van der Waals surface area contributed by atoms with Gasteiger partial charge in [-0.2, -0.15) is 0 Å². The maximum atomic E-state index is 11.9. The summed E-state index contributed by atoms with van der Waals surface area (Å²) >= 11 is 0. The average molecular weight is 237 g/mol. The first-order valence-corrected chi connectivity index (χ1v) is 6.11. The van der Waals surface area contributed by atoms with Crippen LogP contribution in [0, 0.1) is 0 Å². The van der Waals surface area contributed by atoms with E-state index in [2.05, 4.69) is 11.9 Å². The highest BCUT2D eigenvalue weighted by Gasteiger charge is 2.36. The molecule has 2 rings (SSSR count). The Hall–Kier alpha value is -1.36. The number of nitrogens with one attached hydrogen (secondary N) is 1. The van der Waals surface area contributed by atoms with Gasteiger partial charge in [-0.1, -0.05) is 6.08 Å². The van der Waals surface area contributed by atoms with Crippen LogP contribution in [-0.2, 0) is 9.59 Å². The van der Waals surface area contributed by atoms with Crippen molar-refractivity contribution in [1.82, 2.24) is 15.1 Å². The predicted octanol–water partition coefficient (Wildman–Crippen LogP) is -0.405. The van der Waals surface area contributed by atoms with E-state index in [1.165, 1.54) is 0 Å². The summed E-state index contributed by atoms with van der Waals surface area (Å²) in [5, 5.41) is 3.01. The predicted molar refractivity (Wildman–Crippen MR) is 64.4 cm³/mol. The first kappa shape index (κ1) is 12.1. The fourth-order valence-corrected chi connectivity index (χ4v) is 2.48. The lowest BCUT2D eigenvalue weighted by molar-refractivity contribution is -0.138. The SMILES string of the molecule is C=CCNCC(=O)N1CCN2C(=O)CCC2C1. The molecule has 5 nitrogen and oxygen atoms in total. The molecule has 2 aliphatic rings. The molecular formula is C12H19N3O2. The van der Waals surface area contributed by atoms with Crippen LogP contribution in [0.4, 0.5) is 0 Å². The lowest BCUT2D eigenvalue weighted by atomic mass is 10.1. The van der Waals surface area contributed by atoms with E-state index in [1.54, 1.807) is 6.08 Å². The second-order valence-corrected chi connectivity index (χ2v) is 4.54. The molecule has 2 aliphatic heterocycles. The van der Waals surface area contributed by atoms with Crippen molar-refractivity contribution in [3.05, 3.63) is 12.7 Å². The number of hydrogen-bond donors (Lipinski definition) is 1. The van der Waals surface area contributed by atoms with Gasteiger partial charge in [0.2, 0.25) is 11.8 Å². The van der Waals surface area contributed by atoms with Gasteiger partial charge < -0.3 is 15.1 Å². The summed E-state index contributed by atoms with van der Waals surface area (Å²) in [6.45, 7) is 6.64. The largest absolute Gasteiger partial charge is 0.338 e. The smallest absolute Gasteiger partial charge is 0.236 e. The highest BCUT2D eigenvalue weighted by molar-refractivity contribution is 5.81. The zero-order valence-corrected chi connectivity index (χ0v) is 10.0. The third kappa shape index (κ3) is 2.66. The van der Waals surface area contributed by atoms with Crippen LogP contribution in [0.1, 0.15) is 12.8 Å². The summed E-state index contributed by atoms with van der Waals surface area (Å²) in [6.07, 6.45) is 3.27. The molecule has 1 N–H and O–H groups in total. The number of carbonyl (C=O) groups excluding carboxylic acids is 2. The number of carbonyl (C=O) groups is 2. The minimum Gasteiger partial charge on any atom is -0.338 e. The highest BCUT2D eigenvalue weighted by atomic mass is 16.2. The first-order chi connectivity index (χ1) is 8.22. The molecule has 17 heavy (non-hydrogen) atoms. The van der Waals surface area contributed by atoms with E-state index >= 15 is 0 Å². The molecule has 0 spiro atoms. The zero-order valence-electron chi connectivity index (χ0n) is 10.0. The van der Waals surface area contributed by atoms with E-state index in [0.717, 1.165) is 6.42 Å². The molecule has 1 unspecified atom stereocenters. The van der Waals surface area contributed by atoms with Gasteiger partial charge >= 0.3 is 0 Å². The van der Waals surface area contributed by atoms with Crippen LogP contribution in [-0.4, -0.2) is 60.4 Å². The number of rotatable bonds is 4. The van der Waals surface area contributed by atoms with E-state index in [1.807, 2.05) is 9.80 Å². The van der Waals surface area contributed by atoms with Crippen molar-refractivity contribution in [2.75, 3.05) is 32.7 Å². The Morgan fingerprint density at radius 3 is 3.12 bits per heavy atom. The van der Waals surface area contributed by atoms with Gasteiger partial charge in [-0.25, -0.2) is 0 Å². The quantitative estimate of drug-likeness (QED) is 0.534. The lowest BCUT2D eigenvalue weighted by Gasteiger charge is -2.37. The molecule has 2 fully saturated rings. The van der Waals surface area contributed by atoms with Gasteiger partial charge in [-0.3, -0.25) is 9.59 Å². The van der Waals surface area contributed by atoms with E-state index in [9.17, 15) is 9.59 Å². The first-order valence-electron chi connectivity index (χ1n) is 6.11. The van der Waals surface area contributed by atoms with E-state index < -0.39 is 0 Å². The van der Waals surface area contributed by atoms with Gasteiger partial charge in [-0.05, 0) is 6.42 Å². The van der Waals surface area contributed by atoms with Crippen molar-refractivity contribution in [3.8, 4) is 0 Å². The van der Waals surface area contributed by atoms with Crippen molar-refractivity contribution in [1.29, 1.82) is 0 Å². The number of nitrogens with zero attached hydrogens (tertiary/aromatic N) is 2. The highest BCUT2D eigenvalue weighted by Crippen LogP contribution is 2.22. The van der Waals surface area contributed by atoms with Crippen LogP contribution >= 0.6 is 0 Å². The van der Waals surface area contributed by atoms with Gasteiger partial charge in [0.25, 0.3) is 0 Å². The van der Waals surface area contributed by atoms with Crippen molar-refractivity contribution >= 4 is 11.8 Å². The van der Waals surface area contributed by atoms with Crippen LogP contribution in [0.5, 0.6) is 0 Å². The molecule has 0 aliphatic carbocycles. The summed E-state index contributed by atoms with van der Waals surface area (Å²) in [7, 11) is 0. The third-order valence-electron chi connectivity index (χ3n) is 3.41. The third-order valence-corrected chi connectivity index (χ3v) is 3.41. The van der Waals surface area contributed by atoms with Crippen LogP contribution in [0.15, 0.2) is 12.7 Å². The Bertz CT molecular complexity index is 330. The van der Waals surface area contributed by atoms with Crippen LogP contribution < -0.4 is 5.32 Å². The Kier molecular flexibility index (Phi) is 3.78. The molecule has 2 amide bonds. The minimum absolute atomic E-state index is 0.117. The van der Waals surface area contributed by atoms with Crippen molar-refractivity contribution in [2.24, 2.45) is 0 Å². The molecule has 2 saturated heterocycles. The minimum atomic E-state index is 0.117. The van der Waals surface area contributed by atoms with Crippen molar-refractivity contribution < 1.29 is 9.59 Å². The number of hydrogen-bond acceptors (Lipinski definition) is 3. The Labute approximate surface area is 101 Å². The fraction of sp³-hybridized carbons (Fsp3) is 0.667. The van der Waals surface area contributed by atoms with Gasteiger partial charge in [0.15, 0.2) is 0 Å². The summed E-state index contributed by atoms with van der Waals surface area (Å²) < 4.78 is 0. The Morgan fingerprint density at radius 1 is 1.53 bits per heavy atom. The maximum absolute atomic E-state index is 11.9. The molecular weight excluding hydrogens is 218 g/mol. The number of amides is 2. The van der Waals surface area contributed by atoms with Crippen LogP contribution in [0.2, 0.25) is 0 Å². The summed E-state index contributed by atoms with van der Waals surface area (Å²) in [5.74, 6) is 0.359. The monoisotopic (exact) mass is 237 g/mol. The lowest BCUT2D eigenvalue weighted by Crippen LogP contribution is -2.54. The van der Waals surface area contributed by atoms with E-state index in [0.29, 0.717) is 39.1 Å². The van der Waals surface area contributed by atoms with E-state index in [4.69, 9.17) is 0 Å². The zero-order chi connectivity index (χ0) is 12.3. The van der Waals surface area contributed by atoms with Gasteiger partial charge in [0.1, 0.15) is 0 Å². The van der Waals surface area contributed by atoms with Crippen molar-refractivity contribution in [3.63, 3.8) is 0 Å². The summed E-state index contributed by atoms with van der Waals surface area (Å²) in [4.78, 5) is 27.1. The molecule has 0 aromatic heterocycles. The Morgan fingerprint density at radius 2 is 2.35 bits per heavy atom. The van der Waals surface area contributed by atoms with Gasteiger partial charge in [0.05, 0.1) is 6.54 Å². The summed E-state index contributed by atoms with van der Waals surface area (Å²) in [5.41, 5.74) is 0. The average Bonchev–Trinajstić information content (AvgIpc) is 2.71. The molecule has 94 valence electrons. The number of piperazine rings is 1. The van der Waals surface area contributed by atoms with Gasteiger partial charge in [0, 0.05) is 38.6 Å². The molecule has 0 aromatic rings. The molecule has 0 saturated carbocycles. The molecule has 2 heterocycles. The maximum Gasteiger partial charge on any atom is 0.236 e. The van der Waals surface area contributed by atoms with Gasteiger partial charge in [-0.15, -0.1) is 6.58 Å². The molecule has 5 heteroatoms. The standard InChI is InChI=1S/C12H19N3O2/c1-2-5-13-8-12(17)14-6-7-15-10(9-14)3-4-11(15)16/h2,10,13H,1,3-9H2. The number of fused-ring (bicyclic) bond motifs is 1. The van der Waals surface area contributed by atoms with E-state index in [-0.39, 0.29) is 17.9 Å². The van der Waals surface area contributed by atoms with Crippen molar-refractivity contribution in [2.45, 2.75) is 18.9 Å². The molecule has 0 aromatic carbocycles. The fourth-order valence-electron chi connectivity index (χ4n) is 2.48. The van der Waals surface area contributed by atoms with Crippen LogP contribution in [0.3, 0.4) is 0 Å².